The summed E-state index contributed by atoms with van der Waals surface area (Å²) in [5, 5.41) is 0. The molecule has 1 aromatic heterocycles. The lowest BCUT2D eigenvalue weighted by Crippen LogP contribution is -2.38. The number of methoxy groups -OCH3 is 1. The first-order valence-electron chi connectivity index (χ1n) is 7.34. The first-order valence-corrected chi connectivity index (χ1v) is 7.34. The number of ether oxygens (including phenoxy) is 2. The van der Waals surface area contributed by atoms with E-state index in [-0.39, 0.29) is 5.60 Å². The zero-order valence-electron chi connectivity index (χ0n) is 13.0. The first kappa shape index (κ1) is 15.3. The second kappa shape index (κ2) is 6.10. The highest BCUT2D eigenvalue weighted by atomic mass is 16.5. The molecule has 1 fully saturated rings. The van der Waals surface area contributed by atoms with Crippen molar-refractivity contribution >= 4 is 0 Å². The Balaban J connectivity index is 2.11. The molecule has 0 amide bonds. The summed E-state index contributed by atoms with van der Waals surface area (Å²) in [7, 11) is 1.69. The van der Waals surface area contributed by atoms with E-state index in [9.17, 15) is 0 Å². The third-order valence-corrected chi connectivity index (χ3v) is 4.45. The van der Waals surface area contributed by atoms with Crippen molar-refractivity contribution in [1.82, 2.24) is 4.98 Å². The molecule has 0 aliphatic heterocycles. The molecule has 0 radical (unpaired) electrons. The van der Waals surface area contributed by atoms with Crippen LogP contribution in [0, 0.1) is 19.8 Å². The Kier molecular flexibility index (Phi) is 4.66. The first-order chi connectivity index (χ1) is 9.51. The molecular weight excluding hydrogens is 252 g/mol. The Morgan fingerprint density at radius 3 is 2.75 bits per heavy atom. The monoisotopic (exact) mass is 278 g/mol. The molecule has 1 saturated carbocycles. The molecule has 2 rings (SSSR count). The lowest BCUT2D eigenvalue weighted by Gasteiger charge is -2.28. The standard InChI is InChI=1S/C16H26N2O2/c1-11-5-6-16(7-11,10-17)20-9-14-13(3)15(19-4)12(2)8-18-14/h8,11H,5-7,9-10,17H2,1-4H3. The smallest absolute Gasteiger partial charge is 0.128 e. The van der Waals surface area contributed by atoms with Gasteiger partial charge >= 0.3 is 0 Å². The summed E-state index contributed by atoms with van der Waals surface area (Å²) < 4.78 is 11.6. The normalized spacial score (nSPS) is 25.9. The maximum absolute atomic E-state index is 6.17. The highest BCUT2D eigenvalue weighted by molar-refractivity contribution is 5.40. The van der Waals surface area contributed by atoms with Crippen molar-refractivity contribution in [1.29, 1.82) is 0 Å². The number of rotatable bonds is 5. The van der Waals surface area contributed by atoms with Crippen molar-refractivity contribution in [3.05, 3.63) is 23.0 Å². The summed E-state index contributed by atoms with van der Waals surface area (Å²) in [6.45, 7) is 7.39. The van der Waals surface area contributed by atoms with Gasteiger partial charge in [-0.05, 0) is 39.0 Å². The summed E-state index contributed by atoms with van der Waals surface area (Å²) in [4.78, 5) is 4.49. The van der Waals surface area contributed by atoms with E-state index >= 15 is 0 Å². The number of nitrogens with zero attached hydrogens (tertiary/aromatic N) is 1. The van der Waals surface area contributed by atoms with Crippen LogP contribution >= 0.6 is 0 Å². The van der Waals surface area contributed by atoms with E-state index in [0.29, 0.717) is 19.1 Å². The molecule has 0 saturated heterocycles. The summed E-state index contributed by atoms with van der Waals surface area (Å²) in [5.41, 5.74) is 8.84. The van der Waals surface area contributed by atoms with E-state index < -0.39 is 0 Å². The van der Waals surface area contributed by atoms with E-state index in [2.05, 4.69) is 11.9 Å². The molecule has 2 N–H and O–H groups in total. The van der Waals surface area contributed by atoms with Crippen LogP contribution in [0.2, 0.25) is 0 Å². The minimum Gasteiger partial charge on any atom is -0.496 e. The Hall–Kier alpha value is -1.13. The van der Waals surface area contributed by atoms with Crippen LogP contribution in [0.1, 0.15) is 43.0 Å². The SMILES string of the molecule is COc1c(C)cnc(COC2(CN)CCC(C)C2)c1C. The molecular formula is C16H26N2O2. The van der Waals surface area contributed by atoms with Crippen LogP contribution in [0.15, 0.2) is 6.20 Å². The van der Waals surface area contributed by atoms with Gasteiger partial charge < -0.3 is 15.2 Å². The van der Waals surface area contributed by atoms with Crippen LogP contribution < -0.4 is 10.5 Å². The molecule has 2 unspecified atom stereocenters. The van der Waals surface area contributed by atoms with Gasteiger partial charge in [0.05, 0.1) is 25.0 Å². The van der Waals surface area contributed by atoms with Crippen molar-refractivity contribution in [2.75, 3.05) is 13.7 Å². The molecule has 0 aromatic carbocycles. The van der Waals surface area contributed by atoms with E-state index in [4.69, 9.17) is 15.2 Å². The lowest BCUT2D eigenvalue weighted by molar-refractivity contribution is -0.0486. The molecule has 112 valence electrons. The largest absolute Gasteiger partial charge is 0.496 e. The predicted octanol–water partition coefficient (Wildman–Crippen LogP) is 2.74. The molecule has 20 heavy (non-hydrogen) atoms. The number of aromatic nitrogens is 1. The van der Waals surface area contributed by atoms with Crippen molar-refractivity contribution in [2.45, 2.75) is 52.2 Å². The van der Waals surface area contributed by atoms with Gasteiger partial charge in [0.25, 0.3) is 0 Å². The van der Waals surface area contributed by atoms with Crippen LogP contribution in [-0.2, 0) is 11.3 Å². The fraction of sp³-hybridized carbons (Fsp3) is 0.688. The van der Waals surface area contributed by atoms with Crippen LogP contribution in [0.3, 0.4) is 0 Å². The third-order valence-electron chi connectivity index (χ3n) is 4.45. The quantitative estimate of drug-likeness (QED) is 0.899. The Labute approximate surface area is 121 Å². The van der Waals surface area contributed by atoms with Gasteiger partial charge in [-0.2, -0.15) is 0 Å². The van der Waals surface area contributed by atoms with Gasteiger partial charge in [-0.15, -0.1) is 0 Å². The van der Waals surface area contributed by atoms with Crippen LogP contribution in [0.4, 0.5) is 0 Å². The summed E-state index contributed by atoms with van der Waals surface area (Å²) >= 11 is 0. The Morgan fingerprint density at radius 1 is 1.45 bits per heavy atom. The van der Waals surface area contributed by atoms with Gasteiger partial charge in [-0.25, -0.2) is 0 Å². The van der Waals surface area contributed by atoms with Gasteiger partial charge in [0.1, 0.15) is 5.75 Å². The number of aryl methyl sites for hydroxylation is 1. The molecule has 0 spiro atoms. The predicted molar refractivity (Wildman–Crippen MR) is 79.9 cm³/mol. The zero-order valence-corrected chi connectivity index (χ0v) is 13.0. The van der Waals surface area contributed by atoms with Gasteiger partial charge in [0.15, 0.2) is 0 Å². The highest BCUT2D eigenvalue weighted by Gasteiger charge is 2.37. The topological polar surface area (TPSA) is 57.4 Å². The number of pyridine rings is 1. The molecule has 2 atom stereocenters. The molecule has 1 aromatic rings. The number of hydrogen-bond donors (Lipinski definition) is 1. The Bertz CT molecular complexity index is 476. The van der Waals surface area contributed by atoms with Gasteiger partial charge in [-0.3, -0.25) is 4.98 Å². The average Bonchev–Trinajstić information content (AvgIpc) is 2.81. The van der Waals surface area contributed by atoms with Crippen molar-refractivity contribution in [3.63, 3.8) is 0 Å². The lowest BCUT2D eigenvalue weighted by atomic mass is 10.0. The minimum atomic E-state index is -0.161. The zero-order chi connectivity index (χ0) is 14.8. The van der Waals surface area contributed by atoms with Crippen molar-refractivity contribution in [2.24, 2.45) is 11.7 Å². The Morgan fingerprint density at radius 2 is 2.20 bits per heavy atom. The van der Waals surface area contributed by atoms with Crippen LogP contribution in [-0.4, -0.2) is 24.2 Å². The number of nitrogens with two attached hydrogens (primary N) is 1. The van der Waals surface area contributed by atoms with Gasteiger partial charge in [0, 0.05) is 23.9 Å². The maximum Gasteiger partial charge on any atom is 0.128 e. The second-order valence-corrected chi connectivity index (χ2v) is 6.07. The van der Waals surface area contributed by atoms with E-state index in [1.807, 2.05) is 20.0 Å². The molecule has 4 nitrogen and oxygen atoms in total. The number of hydrogen-bond acceptors (Lipinski definition) is 4. The van der Waals surface area contributed by atoms with E-state index in [1.54, 1.807) is 7.11 Å². The molecule has 4 heteroatoms. The van der Waals surface area contributed by atoms with Crippen LogP contribution in [0.25, 0.3) is 0 Å². The van der Waals surface area contributed by atoms with Crippen molar-refractivity contribution in [3.8, 4) is 5.75 Å². The highest BCUT2D eigenvalue weighted by Crippen LogP contribution is 2.37. The molecule has 1 aliphatic carbocycles. The van der Waals surface area contributed by atoms with E-state index in [0.717, 1.165) is 35.4 Å². The average molecular weight is 278 g/mol. The molecule has 1 aliphatic rings. The fourth-order valence-electron chi connectivity index (χ4n) is 3.16. The molecule has 1 heterocycles. The molecule has 0 bridgehead atoms. The fourth-order valence-corrected chi connectivity index (χ4v) is 3.16. The van der Waals surface area contributed by atoms with Gasteiger partial charge in [-0.1, -0.05) is 6.92 Å². The summed E-state index contributed by atoms with van der Waals surface area (Å²) in [6, 6.07) is 0. The van der Waals surface area contributed by atoms with E-state index in [1.165, 1.54) is 6.42 Å². The van der Waals surface area contributed by atoms with Gasteiger partial charge in [0.2, 0.25) is 0 Å². The third kappa shape index (κ3) is 2.96. The minimum absolute atomic E-state index is 0.161. The second-order valence-electron chi connectivity index (χ2n) is 6.07. The summed E-state index contributed by atoms with van der Waals surface area (Å²) in [5.74, 6) is 1.60. The van der Waals surface area contributed by atoms with Crippen molar-refractivity contribution < 1.29 is 9.47 Å². The van der Waals surface area contributed by atoms with Crippen LogP contribution in [0.5, 0.6) is 5.75 Å². The maximum atomic E-state index is 6.17. The summed E-state index contributed by atoms with van der Waals surface area (Å²) in [6.07, 6.45) is 5.13.